The second kappa shape index (κ2) is 6.49. The van der Waals surface area contributed by atoms with Gasteiger partial charge in [0.25, 0.3) is 5.78 Å². The molecule has 0 unspecified atom stereocenters. The van der Waals surface area contributed by atoms with Crippen LogP contribution in [-0.2, 0) is 0 Å². The highest BCUT2D eigenvalue weighted by atomic mass is 35.5. The predicted molar refractivity (Wildman–Crippen MR) is 81.4 cm³/mol. The molecule has 0 amide bonds. The first-order valence-corrected chi connectivity index (χ1v) is 7.00. The van der Waals surface area contributed by atoms with Crippen LogP contribution in [0.4, 0.5) is 23.2 Å². The van der Waals surface area contributed by atoms with Gasteiger partial charge in [-0.3, -0.25) is 4.79 Å². The van der Waals surface area contributed by atoms with Gasteiger partial charge in [0.1, 0.15) is 5.82 Å². The number of nitrogen functional groups attached to an aromatic ring is 1. The van der Waals surface area contributed by atoms with Gasteiger partial charge in [0.05, 0.1) is 27.0 Å². The quantitative estimate of drug-likeness (QED) is 0.598. The van der Waals surface area contributed by atoms with Crippen LogP contribution in [0.1, 0.15) is 20.8 Å². The third-order valence-electron chi connectivity index (χ3n) is 3.04. The van der Waals surface area contributed by atoms with E-state index < -0.39 is 56.3 Å². The van der Waals surface area contributed by atoms with Crippen molar-refractivity contribution in [3.63, 3.8) is 0 Å². The molecule has 1 heterocycles. The molecule has 11 heteroatoms. The Morgan fingerprint density at radius 1 is 1.20 bits per heavy atom. The van der Waals surface area contributed by atoms with E-state index >= 15 is 0 Å². The number of Topliss-reactive ketones (excluding diaryl/α,β-unsaturated/α-hetero) is 1. The first-order chi connectivity index (χ1) is 11.4. The van der Waals surface area contributed by atoms with E-state index in [0.717, 1.165) is 18.2 Å². The van der Waals surface area contributed by atoms with Gasteiger partial charge >= 0.3 is 12.1 Å². The number of benzene rings is 1. The number of aromatic carboxylic acids is 1. The first kappa shape index (κ1) is 18.9. The van der Waals surface area contributed by atoms with Crippen molar-refractivity contribution >= 4 is 40.6 Å². The highest BCUT2D eigenvalue weighted by molar-refractivity contribution is 6.36. The summed E-state index contributed by atoms with van der Waals surface area (Å²) in [6, 6.07) is 2.75. The smallest absolute Gasteiger partial charge is 0.455 e. The van der Waals surface area contributed by atoms with Crippen molar-refractivity contribution in [3.8, 4) is 11.3 Å². The molecule has 0 saturated carbocycles. The Morgan fingerprint density at radius 2 is 1.80 bits per heavy atom. The number of carboxylic acids is 1. The number of carbonyl (C=O) groups excluding carboxylic acids is 1. The van der Waals surface area contributed by atoms with Crippen LogP contribution in [0.25, 0.3) is 11.3 Å². The van der Waals surface area contributed by atoms with Crippen molar-refractivity contribution in [3.05, 3.63) is 45.3 Å². The highest BCUT2D eigenvalue weighted by Gasteiger charge is 2.42. The van der Waals surface area contributed by atoms with Crippen molar-refractivity contribution in [1.29, 1.82) is 0 Å². The molecule has 0 bridgehead atoms. The summed E-state index contributed by atoms with van der Waals surface area (Å²) >= 11 is 11.2. The molecule has 3 N–H and O–H groups in total. The van der Waals surface area contributed by atoms with Crippen molar-refractivity contribution in [1.82, 2.24) is 4.98 Å². The molecule has 0 saturated heterocycles. The van der Waals surface area contributed by atoms with E-state index in [0.29, 0.717) is 0 Å². The van der Waals surface area contributed by atoms with E-state index in [4.69, 9.17) is 34.0 Å². The maximum Gasteiger partial charge on any atom is 0.455 e. The summed E-state index contributed by atoms with van der Waals surface area (Å²) in [5.41, 5.74) is 2.07. The van der Waals surface area contributed by atoms with Gasteiger partial charge in [-0.1, -0.05) is 23.2 Å². The van der Waals surface area contributed by atoms with Gasteiger partial charge in [-0.05, 0) is 18.2 Å². The SMILES string of the molecule is Nc1cc(-c2ccc(Cl)c(C(=O)C(F)(F)F)c2F)nc(C(=O)O)c1Cl. The van der Waals surface area contributed by atoms with Crippen molar-refractivity contribution in [2.24, 2.45) is 0 Å². The van der Waals surface area contributed by atoms with Gasteiger partial charge < -0.3 is 10.8 Å². The van der Waals surface area contributed by atoms with Crippen LogP contribution in [0, 0.1) is 5.82 Å². The fourth-order valence-corrected chi connectivity index (χ4v) is 2.34. The highest BCUT2D eigenvalue weighted by Crippen LogP contribution is 2.35. The number of hydrogen-bond acceptors (Lipinski definition) is 4. The minimum absolute atomic E-state index is 0.290. The maximum absolute atomic E-state index is 14.5. The van der Waals surface area contributed by atoms with Crippen LogP contribution >= 0.6 is 23.2 Å². The number of ketones is 1. The number of carbonyl (C=O) groups is 2. The molecule has 25 heavy (non-hydrogen) atoms. The lowest BCUT2D eigenvalue weighted by molar-refractivity contribution is -0.0887. The number of hydrogen-bond donors (Lipinski definition) is 2. The van der Waals surface area contributed by atoms with Crippen LogP contribution < -0.4 is 5.73 Å². The van der Waals surface area contributed by atoms with E-state index in [2.05, 4.69) is 4.98 Å². The van der Waals surface area contributed by atoms with Crippen molar-refractivity contribution in [2.75, 3.05) is 5.73 Å². The number of anilines is 1. The molecule has 5 nitrogen and oxygen atoms in total. The number of rotatable bonds is 3. The summed E-state index contributed by atoms with van der Waals surface area (Å²) in [6.45, 7) is 0. The molecule has 0 aliphatic heterocycles. The minimum atomic E-state index is -5.36. The summed E-state index contributed by atoms with van der Waals surface area (Å²) in [7, 11) is 0. The fraction of sp³-hybridized carbons (Fsp3) is 0.0714. The molecular formula is C14H6Cl2F4N2O3. The molecule has 0 atom stereocenters. The van der Waals surface area contributed by atoms with Crippen LogP contribution in [0.3, 0.4) is 0 Å². The number of pyridine rings is 1. The monoisotopic (exact) mass is 396 g/mol. The molecule has 0 spiro atoms. The molecule has 132 valence electrons. The van der Waals surface area contributed by atoms with Crippen molar-refractivity contribution in [2.45, 2.75) is 6.18 Å². The Balaban J connectivity index is 2.74. The molecule has 2 rings (SSSR count). The Morgan fingerprint density at radius 3 is 2.32 bits per heavy atom. The zero-order valence-electron chi connectivity index (χ0n) is 11.8. The second-order valence-electron chi connectivity index (χ2n) is 4.68. The molecule has 1 aromatic heterocycles. The van der Waals surface area contributed by atoms with E-state index in [-0.39, 0.29) is 5.69 Å². The number of aromatic nitrogens is 1. The fourth-order valence-electron chi connectivity index (χ4n) is 1.93. The standard InChI is InChI=1S/C14H6Cl2F4N2O3/c15-5-2-1-4(10(17)8(5)12(23)14(18,19)20)7-3-6(21)9(16)11(22-7)13(24)25/h1-3H,(H2,21,22)(H,24,25). The van der Waals surface area contributed by atoms with Crippen LogP contribution in [0.2, 0.25) is 10.0 Å². The zero-order chi connectivity index (χ0) is 19.1. The number of carboxylic acid groups (broad SMARTS) is 1. The molecule has 0 aliphatic carbocycles. The van der Waals surface area contributed by atoms with Crippen LogP contribution in [-0.4, -0.2) is 28.0 Å². The van der Waals surface area contributed by atoms with Crippen LogP contribution in [0.5, 0.6) is 0 Å². The topological polar surface area (TPSA) is 93.3 Å². The van der Waals surface area contributed by atoms with E-state index in [9.17, 15) is 27.2 Å². The lowest BCUT2D eigenvalue weighted by Crippen LogP contribution is -2.24. The Hall–Kier alpha value is -2.39. The molecule has 0 fully saturated rings. The van der Waals surface area contributed by atoms with E-state index in [1.54, 1.807) is 0 Å². The van der Waals surface area contributed by atoms with Gasteiger partial charge in [0, 0.05) is 5.56 Å². The zero-order valence-corrected chi connectivity index (χ0v) is 13.3. The molecule has 1 aromatic carbocycles. The lowest BCUT2D eigenvalue weighted by atomic mass is 10.0. The van der Waals surface area contributed by atoms with Gasteiger partial charge in [-0.15, -0.1) is 0 Å². The normalized spacial score (nSPS) is 11.4. The van der Waals surface area contributed by atoms with Gasteiger partial charge in [-0.25, -0.2) is 14.2 Å². The largest absolute Gasteiger partial charge is 0.476 e. The Bertz CT molecular complexity index is 901. The second-order valence-corrected chi connectivity index (χ2v) is 5.46. The van der Waals surface area contributed by atoms with Crippen molar-refractivity contribution < 1.29 is 32.3 Å². The number of nitrogens with zero attached hydrogens (tertiary/aromatic N) is 1. The van der Waals surface area contributed by atoms with E-state index in [1.165, 1.54) is 0 Å². The molecular weight excluding hydrogens is 391 g/mol. The lowest BCUT2D eigenvalue weighted by Gasteiger charge is -2.12. The predicted octanol–water partition coefficient (Wildman–Crippen LogP) is 4.22. The third-order valence-corrected chi connectivity index (χ3v) is 3.75. The minimum Gasteiger partial charge on any atom is -0.476 e. The third kappa shape index (κ3) is 3.52. The number of nitrogens with two attached hydrogens (primary N) is 1. The maximum atomic E-state index is 14.5. The molecule has 0 radical (unpaired) electrons. The summed E-state index contributed by atoms with van der Waals surface area (Å²) in [5, 5.41) is 7.82. The summed E-state index contributed by atoms with van der Waals surface area (Å²) in [5.74, 6) is -5.68. The van der Waals surface area contributed by atoms with Gasteiger partial charge in [0.15, 0.2) is 5.69 Å². The molecule has 0 aliphatic rings. The Labute approximate surface area is 147 Å². The van der Waals surface area contributed by atoms with E-state index in [1.807, 2.05) is 0 Å². The summed E-state index contributed by atoms with van der Waals surface area (Å²) in [6.07, 6.45) is -5.36. The van der Waals surface area contributed by atoms with Crippen LogP contribution in [0.15, 0.2) is 18.2 Å². The Kier molecular flexibility index (Phi) is 4.92. The number of halogens is 6. The summed E-state index contributed by atoms with van der Waals surface area (Å²) < 4.78 is 52.3. The number of alkyl halides is 3. The van der Waals surface area contributed by atoms with Gasteiger partial charge in [-0.2, -0.15) is 13.2 Å². The average Bonchev–Trinajstić information content (AvgIpc) is 2.48. The van der Waals surface area contributed by atoms with Gasteiger partial charge in [0.2, 0.25) is 0 Å². The average molecular weight is 397 g/mol. The summed E-state index contributed by atoms with van der Waals surface area (Å²) in [4.78, 5) is 26.0. The first-order valence-electron chi connectivity index (χ1n) is 6.24. The molecule has 2 aromatic rings.